The van der Waals surface area contributed by atoms with Crippen LogP contribution in [0.4, 0.5) is 0 Å². The highest BCUT2D eigenvalue weighted by Gasteiger charge is 2.36. The van der Waals surface area contributed by atoms with Gasteiger partial charge in [-0.2, -0.15) is 0 Å². The number of halogens is 2. The van der Waals surface area contributed by atoms with Gasteiger partial charge in [0, 0.05) is 44.2 Å². The van der Waals surface area contributed by atoms with Crippen molar-refractivity contribution in [2.45, 2.75) is 36.9 Å². The Morgan fingerprint density at radius 3 is 2.35 bits per heavy atom. The number of nitrogens with zero attached hydrogens (tertiary/aromatic N) is 1. The van der Waals surface area contributed by atoms with Crippen molar-refractivity contribution < 1.29 is 17.9 Å². The summed E-state index contributed by atoms with van der Waals surface area (Å²) >= 11 is 12.0. The second-order valence-electron chi connectivity index (χ2n) is 9.15. The predicted octanol–water partition coefficient (Wildman–Crippen LogP) is 4.40. The fourth-order valence-electron chi connectivity index (χ4n) is 4.85. The molecule has 0 unspecified atom stereocenters. The van der Waals surface area contributed by atoms with Crippen LogP contribution in [0, 0.1) is 5.92 Å². The van der Waals surface area contributed by atoms with Gasteiger partial charge in [-0.15, -0.1) is 0 Å². The standard InChI is InChI=1S/C25H30Cl2N2O4S/c26-22-7-6-19(16-23(22)27)17-34(31,32)29-12-8-20(9-13-29)24(30)28-18-25(10-14-33-15-11-25)21-4-2-1-3-5-21/h1-7,16,20H,8-15,17-18H2,(H,28,30). The Labute approximate surface area is 211 Å². The summed E-state index contributed by atoms with van der Waals surface area (Å²) in [5.74, 6) is -0.324. The minimum atomic E-state index is -3.50. The van der Waals surface area contributed by atoms with E-state index in [9.17, 15) is 13.2 Å². The molecule has 2 aromatic carbocycles. The van der Waals surface area contributed by atoms with Crippen LogP contribution in [0.1, 0.15) is 36.8 Å². The summed E-state index contributed by atoms with van der Waals surface area (Å²) < 4.78 is 32.8. The lowest BCUT2D eigenvalue weighted by Gasteiger charge is -2.38. The molecule has 184 valence electrons. The number of carbonyl (C=O) groups is 1. The molecule has 0 aromatic heterocycles. The van der Waals surface area contributed by atoms with E-state index in [-0.39, 0.29) is 23.0 Å². The first-order valence-electron chi connectivity index (χ1n) is 11.6. The third-order valence-electron chi connectivity index (χ3n) is 6.99. The molecule has 2 fully saturated rings. The van der Waals surface area contributed by atoms with Crippen LogP contribution < -0.4 is 5.32 Å². The van der Waals surface area contributed by atoms with E-state index in [1.807, 2.05) is 18.2 Å². The number of piperidine rings is 1. The van der Waals surface area contributed by atoms with Crippen LogP contribution in [0.25, 0.3) is 0 Å². The third kappa shape index (κ3) is 5.94. The van der Waals surface area contributed by atoms with Crippen molar-refractivity contribution in [2.75, 3.05) is 32.8 Å². The van der Waals surface area contributed by atoms with E-state index in [0.29, 0.717) is 61.3 Å². The Kier molecular flexibility index (Phi) is 8.20. The minimum Gasteiger partial charge on any atom is -0.381 e. The number of benzene rings is 2. The van der Waals surface area contributed by atoms with Crippen LogP contribution in [0.2, 0.25) is 10.0 Å². The van der Waals surface area contributed by atoms with E-state index >= 15 is 0 Å². The van der Waals surface area contributed by atoms with E-state index in [1.165, 1.54) is 9.87 Å². The summed E-state index contributed by atoms with van der Waals surface area (Å²) in [6.45, 7) is 2.59. The van der Waals surface area contributed by atoms with E-state index < -0.39 is 10.0 Å². The number of hydrogen-bond acceptors (Lipinski definition) is 4. The number of sulfonamides is 1. The largest absolute Gasteiger partial charge is 0.381 e. The lowest BCUT2D eigenvalue weighted by molar-refractivity contribution is -0.126. The number of rotatable bonds is 7. The summed E-state index contributed by atoms with van der Waals surface area (Å²) in [7, 11) is -3.50. The number of ether oxygens (including phenoxy) is 1. The third-order valence-corrected chi connectivity index (χ3v) is 9.58. The van der Waals surface area contributed by atoms with Crippen molar-refractivity contribution in [2.24, 2.45) is 5.92 Å². The Bertz CT molecular complexity index is 1100. The van der Waals surface area contributed by atoms with Crippen molar-refractivity contribution in [1.82, 2.24) is 9.62 Å². The molecule has 34 heavy (non-hydrogen) atoms. The second-order valence-corrected chi connectivity index (χ2v) is 11.9. The quantitative estimate of drug-likeness (QED) is 0.582. The maximum Gasteiger partial charge on any atom is 0.223 e. The minimum absolute atomic E-state index is 0.00308. The van der Waals surface area contributed by atoms with Crippen molar-refractivity contribution in [3.8, 4) is 0 Å². The summed E-state index contributed by atoms with van der Waals surface area (Å²) in [5, 5.41) is 3.91. The lowest BCUT2D eigenvalue weighted by atomic mass is 9.74. The van der Waals surface area contributed by atoms with Crippen LogP contribution in [0.5, 0.6) is 0 Å². The lowest BCUT2D eigenvalue weighted by Crippen LogP contribution is -2.48. The summed E-state index contributed by atoms with van der Waals surface area (Å²) in [5.41, 5.74) is 1.69. The van der Waals surface area contributed by atoms with Gasteiger partial charge < -0.3 is 10.1 Å². The first-order chi connectivity index (χ1) is 16.3. The molecule has 6 nitrogen and oxygen atoms in total. The molecule has 2 aliphatic heterocycles. The van der Waals surface area contributed by atoms with Gasteiger partial charge in [-0.3, -0.25) is 4.79 Å². The first kappa shape index (κ1) is 25.5. The van der Waals surface area contributed by atoms with Crippen molar-refractivity contribution in [3.05, 3.63) is 69.7 Å². The fourth-order valence-corrected chi connectivity index (χ4v) is 6.72. The molecule has 1 amide bonds. The van der Waals surface area contributed by atoms with Gasteiger partial charge in [-0.05, 0) is 48.9 Å². The van der Waals surface area contributed by atoms with Crippen molar-refractivity contribution >= 4 is 39.1 Å². The maximum atomic E-state index is 13.0. The molecule has 0 radical (unpaired) electrons. The highest BCUT2D eigenvalue weighted by molar-refractivity contribution is 7.88. The van der Waals surface area contributed by atoms with Crippen LogP contribution in [-0.2, 0) is 30.7 Å². The highest BCUT2D eigenvalue weighted by Crippen LogP contribution is 2.34. The van der Waals surface area contributed by atoms with Gasteiger partial charge in [0.25, 0.3) is 0 Å². The number of amides is 1. The number of nitrogens with one attached hydrogen (secondary N) is 1. The van der Waals surface area contributed by atoms with Gasteiger partial charge in [0.1, 0.15) is 0 Å². The van der Waals surface area contributed by atoms with Crippen LogP contribution >= 0.6 is 23.2 Å². The molecule has 0 saturated carbocycles. The Balaban J connectivity index is 1.32. The zero-order valence-corrected chi connectivity index (χ0v) is 21.3. The second kappa shape index (κ2) is 11.0. The monoisotopic (exact) mass is 524 g/mol. The number of carbonyl (C=O) groups excluding carboxylic acids is 1. The van der Waals surface area contributed by atoms with E-state index in [1.54, 1.807) is 18.2 Å². The zero-order valence-electron chi connectivity index (χ0n) is 19.0. The summed E-state index contributed by atoms with van der Waals surface area (Å²) in [4.78, 5) is 13.0. The van der Waals surface area contributed by atoms with Gasteiger partial charge >= 0.3 is 0 Å². The predicted molar refractivity (Wildman–Crippen MR) is 135 cm³/mol. The van der Waals surface area contributed by atoms with Crippen LogP contribution in [0.15, 0.2) is 48.5 Å². The van der Waals surface area contributed by atoms with Crippen molar-refractivity contribution in [3.63, 3.8) is 0 Å². The topological polar surface area (TPSA) is 75.7 Å². The summed E-state index contributed by atoms with van der Waals surface area (Å²) in [6.07, 6.45) is 2.74. The average molecular weight is 525 g/mol. The van der Waals surface area contributed by atoms with Crippen LogP contribution in [0.3, 0.4) is 0 Å². The molecule has 2 aliphatic rings. The Hall–Kier alpha value is -1.64. The molecular formula is C25H30Cl2N2O4S. The van der Waals surface area contributed by atoms with Gasteiger partial charge in [-0.25, -0.2) is 12.7 Å². The van der Waals surface area contributed by atoms with Crippen molar-refractivity contribution in [1.29, 1.82) is 0 Å². The SMILES string of the molecule is O=C(NCC1(c2ccccc2)CCOCC1)C1CCN(S(=O)(=O)Cc2ccc(Cl)c(Cl)c2)CC1. The first-order valence-corrected chi connectivity index (χ1v) is 14.0. The fraction of sp³-hybridized carbons (Fsp3) is 0.480. The van der Waals surface area contributed by atoms with E-state index in [0.717, 1.165) is 12.8 Å². The number of hydrogen-bond donors (Lipinski definition) is 1. The molecule has 4 rings (SSSR count). The molecule has 2 aromatic rings. The molecule has 2 heterocycles. The Morgan fingerprint density at radius 2 is 1.71 bits per heavy atom. The van der Waals surface area contributed by atoms with Crippen LogP contribution in [-0.4, -0.2) is 51.5 Å². The van der Waals surface area contributed by atoms with E-state index in [4.69, 9.17) is 27.9 Å². The molecule has 1 N–H and O–H groups in total. The molecule has 2 saturated heterocycles. The molecule has 0 aliphatic carbocycles. The average Bonchev–Trinajstić information content (AvgIpc) is 2.86. The maximum absolute atomic E-state index is 13.0. The van der Waals surface area contributed by atoms with Gasteiger partial charge in [0.05, 0.1) is 15.8 Å². The molecular weight excluding hydrogens is 495 g/mol. The molecule has 0 atom stereocenters. The Morgan fingerprint density at radius 1 is 1.03 bits per heavy atom. The van der Waals surface area contributed by atoms with Gasteiger partial charge in [0.15, 0.2) is 0 Å². The highest BCUT2D eigenvalue weighted by atomic mass is 35.5. The normalized spacial score (nSPS) is 19.6. The molecule has 0 spiro atoms. The zero-order chi connectivity index (χ0) is 24.2. The summed E-state index contributed by atoms with van der Waals surface area (Å²) in [6, 6.07) is 15.2. The van der Waals surface area contributed by atoms with E-state index in [2.05, 4.69) is 17.4 Å². The molecule has 0 bridgehead atoms. The molecule has 9 heteroatoms. The van der Waals surface area contributed by atoms with Gasteiger partial charge in [0.2, 0.25) is 15.9 Å². The van der Waals surface area contributed by atoms with Gasteiger partial charge in [-0.1, -0.05) is 59.6 Å². The smallest absolute Gasteiger partial charge is 0.223 e.